The Kier molecular flexibility index (Phi) is 6.90. The van der Waals surface area contributed by atoms with E-state index in [1.165, 1.54) is 32.1 Å². The molecule has 28 heavy (non-hydrogen) atoms. The van der Waals surface area contributed by atoms with Gasteiger partial charge < -0.3 is 13.9 Å². The Balaban J connectivity index is 1.63. The van der Waals surface area contributed by atoms with Gasteiger partial charge in [0.1, 0.15) is 17.3 Å². The quantitative estimate of drug-likeness (QED) is 0.443. The first-order chi connectivity index (χ1) is 13.6. The fraction of sp³-hybridized carbons (Fsp3) is 0.478. The van der Waals surface area contributed by atoms with Gasteiger partial charge in [-0.1, -0.05) is 51.2 Å². The van der Waals surface area contributed by atoms with Gasteiger partial charge in [0.05, 0.1) is 18.6 Å². The Labute approximate surface area is 165 Å². The fourth-order valence-corrected chi connectivity index (χ4v) is 3.58. The second-order valence-electron chi connectivity index (χ2n) is 7.34. The smallest absolute Gasteiger partial charge is 0.343 e. The van der Waals surface area contributed by atoms with Crippen molar-refractivity contribution in [3.63, 3.8) is 0 Å². The molecule has 1 aliphatic rings. The highest BCUT2D eigenvalue weighted by molar-refractivity contribution is 5.77. The van der Waals surface area contributed by atoms with E-state index in [1.807, 2.05) is 24.3 Å². The number of benzene rings is 1. The SMILES string of the molecule is CCCCCCCCOc1ccc([C@H]2CC(=O)Oc3cc(C)oc(=O)c32)cc1. The van der Waals surface area contributed by atoms with Crippen LogP contribution in [0.4, 0.5) is 0 Å². The van der Waals surface area contributed by atoms with Crippen LogP contribution < -0.4 is 15.1 Å². The molecule has 3 rings (SSSR count). The zero-order chi connectivity index (χ0) is 19.9. The highest BCUT2D eigenvalue weighted by atomic mass is 16.5. The van der Waals surface area contributed by atoms with Gasteiger partial charge in [0, 0.05) is 12.0 Å². The van der Waals surface area contributed by atoms with Crippen LogP contribution >= 0.6 is 0 Å². The van der Waals surface area contributed by atoms with Gasteiger partial charge in [-0.3, -0.25) is 4.79 Å². The van der Waals surface area contributed by atoms with Crippen LogP contribution in [0.3, 0.4) is 0 Å². The zero-order valence-corrected chi connectivity index (χ0v) is 16.7. The van der Waals surface area contributed by atoms with Crippen LogP contribution in [-0.2, 0) is 4.79 Å². The molecular formula is C23H28O5. The van der Waals surface area contributed by atoms with Crippen molar-refractivity contribution in [2.45, 2.75) is 64.7 Å². The Bertz CT molecular complexity index is 850. The van der Waals surface area contributed by atoms with Crippen molar-refractivity contribution in [1.82, 2.24) is 0 Å². The summed E-state index contributed by atoms with van der Waals surface area (Å²) in [7, 11) is 0. The van der Waals surface area contributed by atoms with Gasteiger partial charge in [-0.05, 0) is 31.0 Å². The zero-order valence-electron chi connectivity index (χ0n) is 16.7. The van der Waals surface area contributed by atoms with Crippen molar-refractivity contribution in [3.05, 3.63) is 57.6 Å². The average Bonchev–Trinajstić information content (AvgIpc) is 2.66. The normalized spacial score (nSPS) is 15.8. The third-order valence-electron chi connectivity index (χ3n) is 5.07. The van der Waals surface area contributed by atoms with Gasteiger partial charge in [-0.15, -0.1) is 0 Å². The van der Waals surface area contributed by atoms with Gasteiger partial charge in [-0.25, -0.2) is 4.79 Å². The van der Waals surface area contributed by atoms with E-state index in [4.69, 9.17) is 13.9 Å². The molecule has 0 saturated heterocycles. The van der Waals surface area contributed by atoms with E-state index in [0.29, 0.717) is 23.7 Å². The first-order valence-electron chi connectivity index (χ1n) is 10.2. The highest BCUT2D eigenvalue weighted by Crippen LogP contribution is 2.37. The second-order valence-corrected chi connectivity index (χ2v) is 7.34. The van der Waals surface area contributed by atoms with E-state index >= 15 is 0 Å². The van der Waals surface area contributed by atoms with E-state index in [1.54, 1.807) is 13.0 Å². The molecule has 0 bridgehead atoms. The first kappa shape index (κ1) is 20.2. The number of aryl methyl sites for hydroxylation is 1. The number of ether oxygens (including phenoxy) is 2. The summed E-state index contributed by atoms with van der Waals surface area (Å²) in [5.74, 6) is 0.826. The van der Waals surface area contributed by atoms with E-state index < -0.39 is 5.63 Å². The number of rotatable bonds is 9. The van der Waals surface area contributed by atoms with Crippen LogP contribution in [0, 0.1) is 6.92 Å². The number of hydrogen-bond donors (Lipinski definition) is 0. The molecule has 1 aromatic carbocycles. The summed E-state index contributed by atoms with van der Waals surface area (Å²) in [5.41, 5.74) is 0.836. The third-order valence-corrected chi connectivity index (χ3v) is 5.07. The molecule has 5 heteroatoms. The number of carbonyl (C=O) groups is 1. The molecule has 0 unspecified atom stereocenters. The van der Waals surface area contributed by atoms with Gasteiger partial charge in [0.15, 0.2) is 0 Å². The fourth-order valence-electron chi connectivity index (χ4n) is 3.58. The Morgan fingerprint density at radius 2 is 1.75 bits per heavy atom. The van der Waals surface area contributed by atoms with E-state index in [2.05, 4.69) is 6.92 Å². The topological polar surface area (TPSA) is 65.7 Å². The number of fused-ring (bicyclic) bond motifs is 1. The Hall–Kier alpha value is -2.56. The molecule has 0 fully saturated rings. The minimum Gasteiger partial charge on any atom is -0.494 e. The minimum absolute atomic E-state index is 0.124. The largest absolute Gasteiger partial charge is 0.494 e. The second kappa shape index (κ2) is 9.58. The monoisotopic (exact) mass is 384 g/mol. The number of unbranched alkanes of at least 4 members (excludes halogenated alkanes) is 5. The van der Waals surface area contributed by atoms with E-state index in [-0.39, 0.29) is 18.3 Å². The van der Waals surface area contributed by atoms with Crippen molar-refractivity contribution in [3.8, 4) is 11.5 Å². The lowest BCUT2D eigenvalue weighted by Gasteiger charge is -2.23. The molecule has 0 spiro atoms. The molecule has 2 heterocycles. The molecule has 5 nitrogen and oxygen atoms in total. The summed E-state index contributed by atoms with van der Waals surface area (Å²) in [6, 6.07) is 9.19. The van der Waals surface area contributed by atoms with E-state index in [0.717, 1.165) is 17.7 Å². The molecule has 0 N–H and O–H groups in total. The van der Waals surface area contributed by atoms with Gasteiger partial charge in [0.2, 0.25) is 0 Å². The molecule has 0 saturated carbocycles. The van der Waals surface area contributed by atoms with Crippen molar-refractivity contribution in [1.29, 1.82) is 0 Å². The molecule has 0 amide bonds. The lowest BCUT2D eigenvalue weighted by atomic mass is 9.87. The summed E-state index contributed by atoms with van der Waals surface area (Å²) in [6.07, 6.45) is 7.48. The van der Waals surface area contributed by atoms with Crippen LogP contribution in [0.2, 0.25) is 0 Å². The summed E-state index contributed by atoms with van der Waals surface area (Å²) in [4.78, 5) is 24.3. The van der Waals surface area contributed by atoms with Gasteiger partial charge in [0.25, 0.3) is 0 Å². The van der Waals surface area contributed by atoms with Gasteiger partial charge in [-0.2, -0.15) is 0 Å². The lowest BCUT2D eigenvalue weighted by Crippen LogP contribution is -2.26. The highest BCUT2D eigenvalue weighted by Gasteiger charge is 2.32. The van der Waals surface area contributed by atoms with Crippen LogP contribution in [0.1, 0.15) is 74.7 Å². The van der Waals surface area contributed by atoms with Crippen LogP contribution in [0.25, 0.3) is 0 Å². The first-order valence-corrected chi connectivity index (χ1v) is 10.2. The summed E-state index contributed by atoms with van der Waals surface area (Å²) >= 11 is 0. The third kappa shape index (κ3) is 5.03. The maximum atomic E-state index is 12.3. The maximum Gasteiger partial charge on any atom is 0.343 e. The van der Waals surface area contributed by atoms with Crippen molar-refractivity contribution in [2.24, 2.45) is 0 Å². The maximum absolute atomic E-state index is 12.3. The lowest BCUT2D eigenvalue weighted by molar-refractivity contribution is -0.135. The number of hydrogen-bond acceptors (Lipinski definition) is 5. The summed E-state index contributed by atoms with van der Waals surface area (Å²) < 4.78 is 16.3. The minimum atomic E-state index is -0.448. The molecule has 150 valence electrons. The Morgan fingerprint density at radius 3 is 2.50 bits per heavy atom. The van der Waals surface area contributed by atoms with Crippen LogP contribution in [0.15, 0.2) is 39.5 Å². The van der Waals surface area contributed by atoms with Crippen molar-refractivity contribution >= 4 is 5.97 Å². The van der Waals surface area contributed by atoms with Crippen LogP contribution in [0.5, 0.6) is 11.5 Å². The number of esters is 1. The number of carbonyl (C=O) groups excluding carboxylic acids is 1. The van der Waals surface area contributed by atoms with Gasteiger partial charge >= 0.3 is 11.6 Å². The molecule has 0 aliphatic carbocycles. The summed E-state index contributed by atoms with van der Waals surface area (Å²) in [6.45, 7) is 4.58. The molecule has 2 aromatic rings. The molecule has 1 aliphatic heterocycles. The Morgan fingerprint density at radius 1 is 1.04 bits per heavy atom. The predicted octanol–water partition coefficient (Wildman–Crippen LogP) is 5.13. The predicted molar refractivity (Wildman–Crippen MR) is 107 cm³/mol. The average molecular weight is 384 g/mol. The molecule has 1 aromatic heterocycles. The molecule has 1 atom stereocenters. The molecular weight excluding hydrogens is 356 g/mol. The summed E-state index contributed by atoms with van der Waals surface area (Å²) in [5, 5.41) is 0. The van der Waals surface area contributed by atoms with Crippen LogP contribution in [-0.4, -0.2) is 12.6 Å². The standard InChI is InChI=1S/C23H28O5/c1-3-4-5-6-7-8-13-26-18-11-9-17(10-12-18)19-15-21(24)28-20-14-16(2)27-23(25)22(19)20/h9-12,14,19H,3-8,13,15H2,1-2H3/t19-/m1/s1. The molecule has 0 radical (unpaired) electrons. The van der Waals surface area contributed by atoms with E-state index in [9.17, 15) is 9.59 Å². The van der Waals surface area contributed by atoms with Crippen molar-refractivity contribution in [2.75, 3.05) is 6.61 Å². The van der Waals surface area contributed by atoms with Crippen molar-refractivity contribution < 1.29 is 18.7 Å².